The lowest BCUT2D eigenvalue weighted by Crippen LogP contribution is -2.62. The summed E-state index contributed by atoms with van der Waals surface area (Å²) in [7, 11) is 0. The molecule has 1 spiro atoms. The first-order valence-corrected chi connectivity index (χ1v) is 7.38. The van der Waals surface area contributed by atoms with Gasteiger partial charge in [0.05, 0.1) is 37.3 Å². The molecule has 2 heterocycles. The SMILES string of the molecule is CC1COC2(CCC2)CN1C(=O)NCCc1ccoc1. The van der Waals surface area contributed by atoms with Crippen LogP contribution in [-0.2, 0) is 11.2 Å². The molecule has 2 aliphatic rings. The summed E-state index contributed by atoms with van der Waals surface area (Å²) in [5.41, 5.74) is 1.06. The minimum atomic E-state index is -0.0472. The predicted octanol–water partition coefficient (Wildman–Crippen LogP) is 2.18. The zero-order valence-corrected chi connectivity index (χ0v) is 11.9. The third-order valence-electron chi connectivity index (χ3n) is 4.42. The average Bonchev–Trinajstić information content (AvgIpc) is 2.90. The van der Waals surface area contributed by atoms with E-state index in [9.17, 15) is 4.79 Å². The molecule has 20 heavy (non-hydrogen) atoms. The molecule has 1 unspecified atom stereocenters. The van der Waals surface area contributed by atoms with Crippen LogP contribution in [0.2, 0.25) is 0 Å². The monoisotopic (exact) mass is 278 g/mol. The molecule has 5 nitrogen and oxygen atoms in total. The normalized spacial score (nSPS) is 24.4. The van der Waals surface area contributed by atoms with E-state index in [1.54, 1.807) is 12.5 Å². The quantitative estimate of drug-likeness (QED) is 0.922. The van der Waals surface area contributed by atoms with Crippen molar-refractivity contribution in [2.45, 2.75) is 44.2 Å². The second-order valence-electron chi connectivity index (χ2n) is 5.94. The van der Waals surface area contributed by atoms with Crippen molar-refractivity contribution in [2.75, 3.05) is 19.7 Å². The summed E-state index contributed by atoms with van der Waals surface area (Å²) in [6, 6.07) is 2.10. The first kappa shape index (κ1) is 13.5. The molecule has 110 valence electrons. The van der Waals surface area contributed by atoms with E-state index in [0.29, 0.717) is 13.2 Å². The van der Waals surface area contributed by atoms with Crippen LogP contribution in [0, 0.1) is 0 Å². The van der Waals surface area contributed by atoms with Gasteiger partial charge in [-0.3, -0.25) is 0 Å². The fourth-order valence-electron chi connectivity index (χ4n) is 2.90. The summed E-state index contributed by atoms with van der Waals surface area (Å²) in [5.74, 6) is 0. The van der Waals surface area contributed by atoms with Crippen molar-refractivity contribution in [2.24, 2.45) is 0 Å². The Kier molecular flexibility index (Phi) is 3.70. The highest BCUT2D eigenvalue weighted by Gasteiger charge is 2.45. The van der Waals surface area contributed by atoms with E-state index in [1.165, 1.54) is 6.42 Å². The molecule has 1 aliphatic carbocycles. The maximum absolute atomic E-state index is 12.3. The summed E-state index contributed by atoms with van der Waals surface area (Å²) in [5, 5.41) is 3.00. The van der Waals surface area contributed by atoms with Gasteiger partial charge in [-0.05, 0) is 44.2 Å². The van der Waals surface area contributed by atoms with E-state index in [1.807, 2.05) is 17.9 Å². The number of hydrogen-bond donors (Lipinski definition) is 1. The van der Waals surface area contributed by atoms with Crippen LogP contribution < -0.4 is 5.32 Å². The van der Waals surface area contributed by atoms with Gasteiger partial charge < -0.3 is 19.4 Å². The molecule has 0 aromatic carbocycles. The van der Waals surface area contributed by atoms with Crippen molar-refractivity contribution >= 4 is 6.03 Å². The Labute approximate surface area is 119 Å². The second kappa shape index (κ2) is 5.48. The van der Waals surface area contributed by atoms with Gasteiger partial charge in [0.25, 0.3) is 0 Å². The number of carbonyl (C=O) groups is 1. The van der Waals surface area contributed by atoms with Crippen LogP contribution in [-0.4, -0.2) is 42.3 Å². The number of morpholine rings is 1. The van der Waals surface area contributed by atoms with Gasteiger partial charge in [-0.15, -0.1) is 0 Å². The van der Waals surface area contributed by atoms with E-state index in [-0.39, 0.29) is 17.7 Å². The molecule has 1 aromatic heterocycles. The molecule has 1 saturated carbocycles. The van der Waals surface area contributed by atoms with Crippen molar-refractivity contribution in [3.05, 3.63) is 24.2 Å². The van der Waals surface area contributed by atoms with Crippen LogP contribution in [0.5, 0.6) is 0 Å². The van der Waals surface area contributed by atoms with E-state index in [2.05, 4.69) is 5.32 Å². The molecule has 5 heteroatoms. The first-order valence-electron chi connectivity index (χ1n) is 7.38. The number of urea groups is 1. The molecule has 3 rings (SSSR count). The lowest BCUT2D eigenvalue weighted by atomic mass is 9.78. The smallest absolute Gasteiger partial charge is 0.317 e. The number of nitrogens with zero attached hydrogens (tertiary/aromatic N) is 1. The topological polar surface area (TPSA) is 54.7 Å². The van der Waals surface area contributed by atoms with Crippen LogP contribution in [0.15, 0.2) is 23.0 Å². The Bertz CT molecular complexity index is 454. The Morgan fingerprint density at radius 3 is 3.05 bits per heavy atom. The van der Waals surface area contributed by atoms with Gasteiger partial charge >= 0.3 is 6.03 Å². The summed E-state index contributed by atoms with van der Waals surface area (Å²) < 4.78 is 10.9. The van der Waals surface area contributed by atoms with Crippen molar-refractivity contribution in [1.82, 2.24) is 10.2 Å². The Hall–Kier alpha value is -1.49. The van der Waals surface area contributed by atoms with Crippen molar-refractivity contribution in [3.8, 4) is 0 Å². The third-order valence-corrected chi connectivity index (χ3v) is 4.42. The lowest BCUT2D eigenvalue weighted by molar-refractivity contribution is -0.157. The maximum Gasteiger partial charge on any atom is 0.317 e. The Balaban J connectivity index is 1.50. The molecule has 0 bridgehead atoms. The van der Waals surface area contributed by atoms with E-state index in [0.717, 1.165) is 31.4 Å². The molecular formula is C15H22N2O3. The van der Waals surface area contributed by atoms with Crippen molar-refractivity contribution < 1.29 is 13.9 Å². The molecule has 1 saturated heterocycles. The maximum atomic E-state index is 12.3. The largest absolute Gasteiger partial charge is 0.472 e. The number of ether oxygens (including phenoxy) is 1. The second-order valence-corrected chi connectivity index (χ2v) is 5.94. The van der Waals surface area contributed by atoms with Crippen molar-refractivity contribution in [3.63, 3.8) is 0 Å². The molecule has 1 atom stereocenters. The van der Waals surface area contributed by atoms with Crippen LogP contribution in [0.4, 0.5) is 4.79 Å². The molecule has 2 amide bonds. The summed E-state index contributed by atoms with van der Waals surface area (Å²) in [6.07, 6.45) is 7.54. The zero-order chi connectivity index (χ0) is 14.0. The number of carbonyl (C=O) groups excluding carboxylic acids is 1. The third kappa shape index (κ3) is 2.68. The fraction of sp³-hybridized carbons (Fsp3) is 0.667. The van der Waals surface area contributed by atoms with Gasteiger partial charge in [-0.1, -0.05) is 0 Å². The first-order chi connectivity index (χ1) is 9.69. The molecule has 2 fully saturated rings. The van der Waals surface area contributed by atoms with Crippen LogP contribution in [0.1, 0.15) is 31.7 Å². The Morgan fingerprint density at radius 2 is 2.40 bits per heavy atom. The lowest BCUT2D eigenvalue weighted by Gasteiger charge is -2.50. The minimum Gasteiger partial charge on any atom is -0.472 e. The number of hydrogen-bond acceptors (Lipinski definition) is 3. The zero-order valence-electron chi connectivity index (χ0n) is 11.9. The van der Waals surface area contributed by atoms with E-state index in [4.69, 9.17) is 9.15 Å². The van der Waals surface area contributed by atoms with Gasteiger partial charge in [0.1, 0.15) is 0 Å². The number of nitrogens with one attached hydrogen (secondary N) is 1. The average molecular weight is 278 g/mol. The molecule has 1 aromatic rings. The van der Waals surface area contributed by atoms with Gasteiger partial charge in [-0.25, -0.2) is 4.79 Å². The minimum absolute atomic E-state index is 0.0237. The fourth-order valence-corrected chi connectivity index (χ4v) is 2.90. The highest BCUT2D eigenvalue weighted by molar-refractivity contribution is 5.74. The van der Waals surface area contributed by atoms with Crippen LogP contribution in [0.25, 0.3) is 0 Å². The number of furan rings is 1. The molecule has 0 radical (unpaired) electrons. The van der Waals surface area contributed by atoms with E-state index >= 15 is 0 Å². The van der Waals surface area contributed by atoms with E-state index < -0.39 is 0 Å². The standard InChI is InChI=1S/C15H22N2O3/c1-12-9-20-15(5-2-6-15)11-17(12)14(18)16-7-3-13-4-8-19-10-13/h4,8,10,12H,2-3,5-7,9,11H2,1H3,(H,16,18). The van der Waals surface area contributed by atoms with Gasteiger partial charge in [0.15, 0.2) is 0 Å². The van der Waals surface area contributed by atoms with Gasteiger partial charge in [0, 0.05) is 6.54 Å². The van der Waals surface area contributed by atoms with Crippen LogP contribution >= 0.6 is 0 Å². The predicted molar refractivity (Wildman–Crippen MR) is 74.5 cm³/mol. The number of amides is 2. The highest BCUT2D eigenvalue weighted by atomic mass is 16.5. The molecule has 1 N–H and O–H groups in total. The Morgan fingerprint density at radius 1 is 1.55 bits per heavy atom. The summed E-state index contributed by atoms with van der Waals surface area (Å²) >= 11 is 0. The summed E-state index contributed by atoms with van der Waals surface area (Å²) in [6.45, 7) is 4.05. The van der Waals surface area contributed by atoms with Gasteiger partial charge in [-0.2, -0.15) is 0 Å². The number of rotatable bonds is 3. The van der Waals surface area contributed by atoms with Crippen LogP contribution in [0.3, 0.4) is 0 Å². The molecule has 1 aliphatic heterocycles. The summed E-state index contributed by atoms with van der Waals surface area (Å²) in [4.78, 5) is 14.2. The molecular weight excluding hydrogens is 256 g/mol. The van der Waals surface area contributed by atoms with Gasteiger partial charge in [0.2, 0.25) is 0 Å². The van der Waals surface area contributed by atoms with Crippen molar-refractivity contribution in [1.29, 1.82) is 0 Å². The highest BCUT2D eigenvalue weighted by Crippen LogP contribution is 2.39.